The van der Waals surface area contributed by atoms with Crippen molar-refractivity contribution in [1.82, 2.24) is 0 Å². The third-order valence-corrected chi connectivity index (χ3v) is 3.86. The van der Waals surface area contributed by atoms with Crippen molar-refractivity contribution in [3.63, 3.8) is 0 Å². The van der Waals surface area contributed by atoms with Gasteiger partial charge in [-0.15, -0.1) is 0 Å². The molecule has 4 heteroatoms. The van der Waals surface area contributed by atoms with E-state index in [4.69, 9.17) is 9.47 Å². The van der Waals surface area contributed by atoms with E-state index in [0.29, 0.717) is 13.2 Å². The molecule has 2 aliphatic rings. The lowest BCUT2D eigenvalue weighted by molar-refractivity contribution is -0.156. The van der Waals surface area contributed by atoms with Crippen molar-refractivity contribution < 1.29 is 9.47 Å². The number of hydrogen-bond donors (Lipinski definition) is 0. The van der Waals surface area contributed by atoms with Crippen LogP contribution in [-0.4, -0.2) is 19.6 Å². The van der Waals surface area contributed by atoms with Crippen LogP contribution in [0.3, 0.4) is 0 Å². The summed E-state index contributed by atoms with van der Waals surface area (Å²) in [6.07, 6.45) is 1.79. The molecule has 1 saturated heterocycles. The zero-order valence-electron chi connectivity index (χ0n) is 11.8. The molecule has 2 heterocycles. The maximum Gasteiger partial charge on any atom is 0.287 e. The first-order valence-corrected chi connectivity index (χ1v) is 7.07. The number of rotatable bonds is 1. The van der Waals surface area contributed by atoms with E-state index in [1.807, 2.05) is 29.2 Å². The highest BCUT2D eigenvalue weighted by Crippen LogP contribution is 2.44. The largest absolute Gasteiger partial charge is 0.326 e. The zero-order chi connectivity index (χ0) is 14.3. The predicted molar refractivity (Wildman–Crippen MR) is 81.8 cm³/mol. The normalized spacial score (nSPS) is 19.0. The Balaban J connectivity index is 1.86. The van der Waals surface area contributed by atoms with Crippen molar-refractivity contribution >= 4 is 17.7 Å². The van der Waals surface area contributed by atoms with E-state index in [9.17, 15) is 0 Å². The van der Waals surface area contributed by atoms with Crippen LogP contribution in [0.1, 0.15) is 11.1 Å². The molecular weight excluding hydrogens is 264 g/mol. The summed E-state index contributed by atoms with van der Waals surface area (Å²) in [4.78, 5) is 6.49. The fraction of sp³-hybridized carbons (Fsp3) is 0.235. The highest BCUT2D eigenvalue weighted by atomic mass is 16.8. The van der Waals surface area contributed by atoms with Gasteiger partial charge in [0.1, 0.15) is 6.34 Å². The Morgan fingerprint density at radius 3 is 2.48 bits per heavy atom. The smallest absolute Gasteiger partial charge is 0.287 e. The number of ether oxygens (including phenoxy) is 2. The molecule has 4 rings (SSSR count). The van der Waals surface area contributed by atoms with Gasteiger partial charge in [0.05, 0.1) is 24.5 Å². The third kappa shape index (κ3) is 1.87. The van der Waals surface area contributed by atoms with Crippen LogP contribution in [0.25, 0.3) is 0 Å². The second-order valence-electron chi connectivity index (χ2n) is 5.25. The molecule has 21 heavy (non-hydrogen) atoms. The Kier molecular flexibility index (Phi) is 2.80. The molecule has 0 aliphatic carbocycles. The van der Waals surface area contributed by atoms with E-state index in [-0.39, 0.29) is 0 Å². The Morgan fingerprint density at radius 1 is 1.00 bits per heavy atom. The summed E-state index contributed by atoms with van der Waals surface area (Å²) >= 11 is 0. The van der Waals surface area contributed by atoms with Crippen LogP contribution in [0.15, 0.2) is 53.5 Å². The summed E-state index contributed by atoms with van der Waals surface area (Å²) in [5.74, 6) is -0.895. The molecule has 0 unspecified atom stereocenters. The summed E-state index contributed by atoms with van der Waals surface area (Å²) in [5, 5.41) is 0. The van der Waals surface area contributed by atoms with Crippen molar-refractivity contribution in [2.24, 2.45) is 4.99 Å². The average molecular weight is 280 g/mol. The van der Waals surface area contributed by atoms with Crippen molar-refractivity contribution in [3.05, 3.63) is 59.7 Å². The predicted octanol–water partition coefficient (Wildman–Crippen LogP) is 3.33. The van der Waals surface area contributed by atoms with Crippen LogP contribution in [0.4, 0.5) is 11.4 Å². The Hall–Kier alpha value is -2.17. The molecule has 2 aromatic carbocycles. The van der Waals surface area contributed by atoms with Crippen LogP contribution in [0, 0.1) is 6.92 Å². The molecule has 2 aliphatic heterocycles. The molecule has 0 saturated carbocycles. The lowest BCUT2D eigenvalue weighted by atomic mass is 10.1. The fourth-order valence-corrected chi connectivity index (χ4v) is 2.82. The van der Waals surface area contributed by atoms with Crippen molar-refractivity contribution in [2.45, 2.75) is 12.8 Å². The SMILES string of the molecule is Cc1ccc(N2C=Nc3ccccc3C23OCCO3)cc1. The second kappa shape index (κ2) is 4.69. The number of benzene rings is 2. The van der Waals surface area contributed by atoms with Crippen LogP contribution < -0.4 is 4.90 Å². The second-order valence-corrected chi connectivity index (χ2v) is 5.25. The molecule has 1 fully saturated rings. The van der Waals surface area contributed by atoms with Gasteiger partial charge in [0.15, 0.2) is 0 Å². The zero-order valence-corrected chi connectivity index (χ0v) is 11.8. The average Bonchev–Trinajstić information content (AvgIpc) is 2.99. The Labute approximate surface area is 123 Å². The van der Waals surface area contributed by atoms with Gasteiger partial charge in [0, 0.05) is 5.69 Å². The monoisotopic (exact) mass is 280 g/mol. The number of aryl methyl sites for hydroxylation is 1. The molecule has 106 valence electrons. The van der Waals surface area contributed by atoms with Crippen molar-refractivity contribution in [2.75, 3.05) is 18.1 Å². The van der Waals surface area contributed by atoms with Gasteiger partial charge in [-0.3, -0.25) is 4.90 Å². The van der Waals surface area contributed by atoms with E-state index in [0.717, 1.165) is 16.9 Å². The Bertz CT molecular complexity index is 688. The van der Waals surface area contributed by atoms with Crippen LogP contribution in [0.2, 0.25) is 0 Å². The highest BCUT2D eigenvalue weighted by Gasteiger charge is 2.47. The first kappa shape index (κ1) is 12.6. The molecule has 0 aromatic heterocycles. The Morgan fingerprint density at radius 2 is 1.71 bits per heavy atom. The van der Waals surface area contributed by atoms with E-state index in [1.54, 1.807) is 6.34 Å². The van der Waals surface area contributed by atoms with Crippen LogP contribution in [0.5, 0.6) is 0 Å². The number of nitrogens with zero attached hydrogens (tertiary/aromatic N) is 2. The molecule has 0 N–H and O–H groups in total. The van der Waals surface area contributed by atoms with Gasteiger partial charge in [-0.25, -0.2) is 4.99 Å². The lowest BCUT2D eigenvalue weighted by Crippen LogP contribution is -2.48. The van der Waals surface area contributed by atoms with E-state index in [2.05, 4.69) is 36.2 Å². The molecule has 0 bridgehead atoms. The van der Waals surface area contributed by atoms with Gasteiger partial charge in [0.25, 0.3) is 5.91 Å². The minimum atomic E-state index is -0.895. The summed E-state index contributed by atoms with van der Waals surface area (Å²) in [6.45, 7) is 3.22. The number of para-hydroxylation sites is 1. The quantitative estimate of drug-likeness (QED) is 0.803. The minimum Gasteiger partial charge on any atom is -0.326 e. The van der Waals surface area contributed by atoms with Crippen molar-refractivity contribution in [1.29, 1.82) is 0 Å². The lowest BCUT2D eigenvalue weighted by Gasteiger charge is -2.40. The number of hydrogen-bond acceptors (Lipinski definition) is 4. The molecule has 0 radical (unpaired) electrons. The fourth-order valence-electron chi connectivity index (χ4n) is 2.82. The number of aliphatic imine (C=N–C) groups is 1. The van der Waals surface area contributed by atoms with E-state index >= 15 is 0 Å². The van der Waals surface area contributed by atoms with Crippen LogP contribution in [-0.2, 0) is 15.4 Å². The molecule has 4 nitrogen and oxygen atoms in total. The van der Waals surface area contributed by atoms with Gasteiger partial charge in [0.2, 0.25) is 0 Å². The van der Waals surface area contributed by atoms with Gasteiger partial charge in [-0.05, 0) is 31.2 Å². The summed E-state index contributed by atoms with van der Waals surface area (Å²) in [5.41, 5.74) is 4.06. The number of fused-ring (bicyclic) bond motifs is 2. The number of anilines is 1. The summed E-state index contributed by atoms with van der Waals surface area (Å²) in [7, 11) is 0. The van der Waals surface area contributed by atoms with Gasteiger partial charge < -0.3 is 9.47 Å². The first-order chi connectivity index (χ1) is 10.3. The summed E-state index contributed by atoms with van der Waals surface area (Å²) < 4.78 is 12.0. The van der Waals surface area contributed by atoms with Gasteiger partial charge >= 0.3 is 0 Å². The van der Waals surface area contributed by atoms with E-state index < -0.39 is 5.91 Å². The van der Waals surface area contributed by atoms with Gasteiger partial charge in [-0.2, -0.15) is 0 Å². The molecule has 2 aromatic rings. The highest BCUT2D eigenvalue weighted by molar-refractivity contribution is 5.86. The van der Waals surface area contributed by atoms with Gasteiger partial charge in [-0.1, -0.05) is 29.8 Å². The standard InChI is InChI=1S/C17H16N2O2/c1-13-6-8-14(9-7-13)19-12-18-16-5-3-2-4-15(16)17(19)20-10-11-21-17/h2-9,12H,10-11H2,1H3. The maximum absolute atomic E-state index is 6.02. The molecule has 1 spiro atoms. The molecular formula is C17H16N2O2. The van der Waals surface area contributed by atoms with E-state index in [1.165, 1.54) is 5.56 Å². The minimum absolute atomic E-state index is 0.574. The van der Waals surface area contributed by atoms with Crippen molar-refractivity contribution in [3.8, 4) is 0 Å². The first-order valence-electron chi connectivity index (χ1n) is 7.07. The molecule has 0 amide bonds. The third-order valence-electron chi connectivity index (χ3n) is 3.86. The summed E-state index contributed by atoms with van der Waals surface area (Å²) in [6, 6.07) is 16.2. The topological polar surface area (TPSA) is 34.1 Å². The maximum atomic E-state index is 6.02. The van der Waals surface area contributed by atoms with Crippen LogP contribution >= 0.6 is 0 Å². The molecule has 0 atom stereocenters.